The van der Waals surface area contributed by atoms with Gasteiger partial charge in [0.2, 0.25) is 5.91 Å². The van der Waals surface area contributed by atoms with Gasteiger partial charge in [0.05, 0.1) is 18.1 Å². The number of nitrogens with one attached hydrogen (secondary N) is 1. The van der Waals surface area contributed by atoms with Crippen LogP contribution in [0.2, 0.25) is 0 Å². The Hall–Kier alpha value is -0.750. The van der Waals surface area contributed by atoms with Crippen LogP contribution in [-0.2, 0) is 14.3 Å². The Bertz CT molecular complexity index is 186. The van der Waals surface area contributed by atoms with Crippen LogP contribution in [0.4, 0.5) is 0 Å². The molecule has 0 aliphatic rings. The Morgan fingerprint density at radius 3 is 2.71 bits per heavy atom. The molecule has 14 heavy (non-hydrogen) atoms. The molecule has 0 radical (unpaired) electrons. The lowest BCUT2D eigenvalue weighted by Gasteiger charge is -2.03. The van der Waals surface area contributed by atoms with Crippen molar-refractivity contribution in [3.8, 4) is 0 Å². The molecule has 1 amide bonds. The van der Waals surface area contributed by atoms with Crippen molar-refractivity contribution in [1.29, 1.82) is 0 Å². The number of carboxylic acid groups (broad SMARTS) is 1. The number of hydrogen-bond donors (Lipinski definition) is 2. The molecule has 0 rings (SSSR count). The molecule has 0 aromatic heterocycles. The van der Waals surface area contributed by atoms with Crippen LogP contribution >= 0.6 is 11.8 Å². The Morgan fingerprint density at radius 2 is 2.14 bits per heavy atom. The molecule has 0 aromatic rings. The number of hydrogen-bond acceptors (Lipinski definition) is 4. The van der Waals surface area contributed by atoms with Crippen molar-refractivity contribution in [2.24, 2.45) is 0 Å². The molecule has 0 aliphatic carbocycles. The van der Waals surface area contributed by atoms with E-state index in [1.807, 2.05) is 6.92 Å². The Kier molecular flexibility index (Phi) is 8.36. The predicted molar refractivity (Wildman–Crippen MR) is 54.5 cm³/mol. The normalized spacial score (nSPS) is 9.79. The SMILES string of the molecule is CCOCCNC(=O)CSCC(=O)O. The quantitative estimate of drug-likeness (QED) is 0.562. The smallest absolute Gasteiger partial charge is 0.313 e. The summed E-state index contributed by atoms with van der Waals surface area (Å²) in [6.45, 7) is 3.47. The standard InChI is InChI=1S/C8H15NO4S/c1-2-13-4-3-9-7(10)5-14-6-8(11)12/h2-6H2,1H3,(H,9,10)(H,11,12). The molecular weight excluding hydrogens is 206 g/mol. The Labute approximate surface area is 87.2 Å². The number of thioether (sulfide) groups is 1. The largest absolute Gasteiger partial charge is 0.481 e. The lowest BCUT2D eigenvalue weighted by molar-refractivity contribution is -0.133. The van der Waals surface area contributed by atoms with Crippen LogP contribution in [0.3, 0.4) is 0 Å². The van der Waals surface area contributed by atoms with Crippen LogP contribution in [0.5, 0.6) is 0 Å². The average Bonchev–Trinajstić information content (AvgIpc) is 2.12. The topological polar surface area (TPSA) is 75.6 Å². The number of amides is 1. The van der Waals surface area contributed by atoms with Crippen LogP contribution < -0.4 is 5.32 Å². The van der Waals surface area contributed by atoms with Gasteiger partial charge in [0.25, 0.3) is 0 Å². The third-order valence-electron chi connectivity index (χ3n) is 1.23. The van der Waals surface area contributed by atoms with Gasteiger partial charge in [0.1, 0.15) is 0 Å². The highest BCUT2D eigenvalue weighted by atomic mass is 32.2. The van der Waals surface area contributed by atoms with Crippen LogP contribution in [0, 0.1) is 0 Å². The van der Waals surface area contributed by atoms with Gasteiger partial charge in [-0.25, -0.2) is 0 Å². The van der Waals surface area contributed by atoms with Gasteiger partial charge in [0.15, 0.2) is 0 Å². The van der Waals surface area contributed by atoms with Crippen molar-refractivity contribution in [2.75, 3.05) is 31.3 Å². The van der Waals surface area contributed by atoms with Gasteiger partial charge in [0, 0.05) is 13.2 Å². The molecular formula is C8H15NO4S. The van der Waals surface area contributed by atoms with Gasteiger partial charge >= 0.3 is 5.97 Å². The van der Waals surface area contributed by atoms with Crippen molar-refractivity contribution in [3.63, 3.8) is 0 Å². The summed E-state index contributed by atoms with van der Waals surface area (Å²) in [5.74, 6) is -0.926. The fraction of sp³-hybridized carbons (Fsp3) is 0.750. The Morgan fingerprint density at radius 1 is 1.43 bits per heavy atom. The minimum absolute atomic E-state index is 0.0428. The number of carbonyl (C=O) groups excluding carboxylic acids is 1. The van der Waals surface area contributed by atoms with Gasteiger partial charge in [-0.15, -0.1) is 11.8 Å². The summed E-state index contributed by atoms with van der Waals surface area (Å²) in [5.41, 5.74) is 0. The molecule has 6 heteroatoms. The fourth-order valence-corrected chi connectivity index (χ4v) is 1.25. The van der Waals surface area contributed by atoms with E-state index in [1.165, 1.54) is 0 Å². The van der Waals surface area contributed by atoms with Gasteiger partial charge in [-0.2, -0.15) is 0 Å². The summed E-state index contributed by atoms with van der Waals surface area (Å²) in [5, 5.41) is 10.9. The first-order valence-corrected chi connectivity index (χ1v) is 5.46. The maximum absolute atomic E-state index is 11.0. The van der Waals surface area contributed by atoms with Crippen molar-refractivity contribution in [3.05, 3.63) is 0 Å². The number of aliphatic carboxylic acids is 1. The highest BCUT2D eigenvalue weighted by molar-refractivity contribution is 8.00. The zero-order valence-electron chi connectivity index (χ0n) is 8.12. The molecule has 2 N–H and O–H groups in total. The fourth-order valence-electron chi connectivity index (χ4n) is 0.689. The van der Waals surface area contributed by atoms with E-state index in [1.54, 1.807) is 0 Å². The van der Waals surface area contributed by atoms with Crippen LogP contribution in [0.25, 0.3) is 0 Å². The zero-order chi connectivity index (χ0) is 10.8. The van der Waals surface area contributed by atoms with E-state index >= 15 is 0 Å². The van der Waals surface area contributed by atoms with Crippen LogP contribution in [0.1, 0.15) is 6.92 Å². The summed E-state index contributed by atoms with van der Waals surface area (Å²) < 4.78 is 5.01. The molecule has 0 atom stereocenters. The average molecular weight is 221 g/mol. The zero-order valence-corrected chi connectivity index (χ0v) is 8.93. The highest BCUT2D eigenvalue weighted by Gasteiger charge is 2.02. The van der Waals surface area contributed by atoms with Crippen molar-refractivity contribution in [1.82, 2.24) is 5.32 Å². The van der Waals surface area contributed by atoms with Crippen LogP contribution in [0.15, 0.2) is 0 Å². The molecule has 5 nitrogen and oxygen atoms in total. The Balaban J connectivity index is 3.24. The number of carbonyl (C=O) groups is 2. The lowest BCUT2D eigenvalue weighted by Crippen LogP contribution is -2.29. The lowest BCUT2D eigenvalue weighted by atomic mass is 10.6. The van der Waals surface area contributed by atoms with Gasteiger partial charge in [-0.1, -0.05) is 0 Å². The minimum Gasteiger partial charge on any atom is -0.481 e. The van der Waals surface area contributed by atoms with Crippen molar-refractivity contribution in [2.45, 2.75) is 6.92 Å². The monoisotopic (exact) mass is 221 g/mol. The second-order valence-electron chi connectivity index (χ2n) is 2.43. The first kappa shape index (κ1) is 13.2. The van der Waals surface area contributed by atoms with Crippen molar-refractivity contribution < 1.29 is 19.4 Å². The van der Waals surface area contributed by atoms with E-state index < -0.39 is 5.97 Å². The molecule has 0 fully saturated rings. The molecule has 0 aliphatic heterocycles. The van der Waals surface area contributed by atoms with Crippen molar-refractivity contribution >= 4 is 23.6 Å². The second-order valence-corrected chi connectivity index (χ2v) is 3.42. The second kappa shape index (κ2) is 8.83. The summed E-state index contributed by atoms with van der Waals surface area (Å²) in [6.07, 6.45) is 0. The van der Waals surface area contributed by atoms with E-state index in [0.29, 0.717) is 19.8 Å². The minimum atomic E-state index is -0.905. The molecule has 0 saturated heterocycles. The number of carboxylic acids is 1. The third kappa shape index (κ3) is 9.34. The van der Waals surface area contributed by atoms with E-state index in [4.69, 9.17) is 9.84 Å². The van der Waals surface area contributed by atoms with E-state index in [2.05, 4.69) is 5.32 Å². The molecule has 0 aromatic carbocycles. The highest BCUT2D eigenvalue weighted by Crippen LogP contribution is 1.97. The number of rotatable bonds is 8. The molecule has 0 unspecified atom stereocenters. The van der Waals surface area contributed by atoms with Gasteiger partial charge in [-0.3, -0.25) is 9.59 Å². The van der Waals surface area contributed by atoms with E-state index in [-0.39, 0.29) is 17.4 Å². The molecule has 0 bridgehead atoms. The summed E-state index contributed by atoms with van der Waals surface area (Å²) in [7, 11) is 0. The molecule has 0 saturated carbocycles. The number of ether oxygens (including phenoxy) is 1. The van der Waals surface area contributed by atoms with Crippen LogP contribution in [-0.4, -0.2) is 48.2 Å². The summed E-state index contributed by atoms with van der Waals surface area (Å²) in [6, 6.07) is 0. The summed E-state index contributed by atoms with van der Waals surface area (Å²) in [4.78, 5) is 21.1. The molecule has 0 spiro atoms. The van der Waals surface area contributed by atoms with Gasteiger partial charge < -0.3 is 15.2 Å². The predicted octanol–water partition coefficient (Wildman–Crippen LogP) is -0.0431. The first-order chi connectivity index (χ1) is 6.66. The van der Waals surface area contributed by atoms with Gasteiger partial charge in [-0.05, 0) is 6.92 Å². The summed E-state index contributed by atoms with van der Waals surface area (Å²) >= 11 is 1.08. The third-order valence-corrected chi connectivity index (χ3v) is 2.15. The molecule has 0 heterocycles. The van der Waals surface area contributed by atoms with E-state index in [0.717, 1.165) is 11.8 Å². The van der Waals surface area contributed by atoms with E-state index in [9.17, 15) is 9.59 Å². The maximum Gasteiger partial charge on any atom is 0.313 e. The molecule has 82 valence electrons. The maximum atomic E-state index is 11.0. The first-order valence-electron chi connectivity index (χ1n) is 4.30.